The minimum atomic E-state index is -4.23. The zero-order chi connectivity index (χ0) is 9.12. The third-order valence-corrected chi connectivity index (χ3v) is 3.04. The van der Waals surface area contributed by atoms with Crippen molar-refractivity contribution in [3.63, 3.8) is 0 Å². The van der Waals surface area contributed by atoms with Crippen LogP contribution in [0.1, 0.15) is 0 Å². The summed E-state index contributed by atoms with van der Waals surface area (Å²) in [5, 5.41) is 0. The highest BCUT2D eigenvalue weighted by Gasteiger charge is 2.14. The quantitative estimate of drug-likeness (QED) is 0.458. The fraction of sp³-hybridized carbons (Fsp3) is 1.00. The molecule has 0 saturated heterocycles. The molecule has 0 unspecified atom stereocenters. The lowest BCUT2D eigenvalue weighted by atomic mass is 11.0. The molecule has 0 heterocycles. The number of hydrogen-bond acceptors (Lipinski definition) is 5. The summed E-state index contributed by atoms with van der Waals surface area (Å²) in [6, 6.07) is 0. The number of rotatable bonds is 4. The first kappa shape index (κ1) is 10.8. The van der Waals surface area contributed by atoms with Crippen LogP contribution in [-0.4, -0.2) is 40.0 Å². The van der Waals surface area contributed by atoms with Crippen LogP contribution in [0.4, 0.5) is 0 Å². The van der Waals surface area contributed by atoms with Gasteiger partial charge in [0.15, 0.2) is 0 Å². The molecule has 1 N–H and O–H groups in total. The van der Waals surface area contributed by atoms with Crippen molar-refractivity contribution in [1.29, 1.82) is 0 Å². The van der Waals surface area contributed by atoms with Crippen LogP contribution in [0.3, 0.4) is 0 Å². The van der Waals surface area contributed by atoms with E-state index in [4.69, 9.17) is 4.55 Å². The third kappa shape index (κ3) is 6.23. The molecule has 0 amide bonds. The first-order valence-electron chi connectivity index (χ1n) is 2.50. The summed E-state index contributed by atoms with van der Waals surface area (Å²) in [5.41, 5.74) is 0. The van der Waals surface area contributed by atoms with Gasteiger partial charge in [-0.2, -0.15) is 16.8 Å². The topological polar surface area (TPSA) is 97.7 Å². The summed E-state index contributed by atoms with van der Waals surface area (Å²) in [6.07, 6.45) is 0. The van der Waals surface area contributed by atoms with Crippen LogP contribution in [-0.2, 0) is 24.4 Å². The van der Waals surface area contributed by atoms with E-state index in [1.165, 1.54) is 0 Å². The zero-order valence-corrected chi connectivity index (χ0v) is 7.35. The van der Waals surface area contributed by atoms with Crippen LogP contribution in [0.15, 0.2) is 0 Å². The Labute approximate surface area is 65.0 Å². The van der Waals surface area contributed by atoms with Crippen molar-refractivity contribution in [2.75, 3.05) is 18.6 Å². The third-order valence-electron chi connectivity index (χ3n) is 0.845. The van der Waals surface area contributed by atoms with Gasteiger partial charge in [-0.3, -0.25) is 8.74 Å². The van der Waals surface area contributed by atoms with Crippen LogP contribution in [0.2, 0.25) is 0 Å². The van der Waals surface area contributed by atoms with Gasteiger partial charge in [-0.15, -0.1) is 0 Å². The highest BCUT2D eigenvalue weighted by atomic mass is 32.2. The lowest BCUT2D eigenvalue weighted by molar-refractivity contribution is 0.398. The molecule has 0 atom stereocenters. The first-order valence-corrected chi connectivity index (χ1v) is 5.69. The van der Waals surface area contributed by atoms with Gasteiger partial charge in [0.25, 0.3) is 20.2 Å². The second-order valence-corrected chi connectivity index (χ2v) is 5.14. The van der Waals surface area contributed by atoms with Gasteiger partial charge in [-0.1, -0.05) is 0 Å². The average Bonchev–Trinajstić information content (AvgIpc) is 1.83. The summed E-state index contributed by atoms with van der Waals surface area (Å²) >= 11 is 0. The van der Waals surface area contributed by atoms with Gasteiger partial charge in [0.05, 0.1) is 18.6 Å². The second kappa shape index (κ2) is 3.48. The van der Waals surface area contributed by atoms with Gasteiger partial charge >= 0.3 is 0 Å². The van der Waals surface area contributed by atoms with Gasteiger partial charge in [-0.25, -0.2) is 0 Å². The molecular formula is C3H8O6S2. The molecule has 8 heteroatoms. The molecule has 0 aromatic carbocycles. The molecule has 0 fully saturated rings. The lowest BCUT2D eigenvalue weighted by Gasteiger charge is -1.97. The summed E-state index contributed by atoms with van der Waals surface area (Å²) in [4.78, 5) is 0. The number of hydrogen-bond donors (Lipinski definition) is 1. The van der Waals surface area contributed by atoms with Crippen molar-refractivity contribution in [2.24, 2.45) is 0 Å². The van der Waals surface area contributed by atoms with Gasteiger partial charge in [0.2, 0.25) is 0 Å². The zero-order valence-electron chi connectivity index (χ0n) is 5.72. The molecule has 0 spiro atoms. The Morgan fingerprint density at radius 1 is 1.18 bits per heavy atom. The smallest absolute Gasteiger partial charge is 0.268 e. The molecule has 0 saturated carbocycles. The minimum Gasteiger partial charge on any atom is -0.286 e. The Balaban J connectivity index is 4.13. The van der Waals surface area contributed by atoms with Gasteiger partial charge in [-0.05, 0) is 0 Å². The maximum absolute atomic E-state index is 10.4. The predicted octanol–water partition coefficient (Wildman–Crippen LogP) is -1.15. The Morgan fingerprint density at radius 2 is 1.64 bits per heavy atom. The maximum Gasteiger partial charge on any atom is 0.268 e. The molecule has 11 heavy (non-hydrogen) atoms. The van der Waals surface area contributed by atoms with E-state index < -0.39 is 31.7 Å². The van der Waals surface area contributed by atoms with E-state index in [1.807, 2.05) is 0 Å². The lowest BCUT2D eigenvalue weighted by Crippen LogP contribution is -2.17. The molecule has 0 radical (unpaired) electrons. The van der Waals surface area contributed by atoms with Gasteiger partial charge in [0.1, 0.15) is 0 Å². The summed E-state index contributed by atoms with van der Waals surface area (Å²) in [6.45, 7) is 0. The van der Waals surface area contributed by atoms with Crippen molar-refractivity contribution >= 4 is 20.2 Å². The Bertz CT molecular complexity index is 297. The van der Waals surface area contributed by atoms with E-state index in [0.717, 1.165) is 7.11 Å². The van der Waals surface area contributed by atoms with Gasteiger partial charge < -0.3 is 0 Å². The van der Waals surface area contributed by atoms with E-state index >= 15 is 0 Å². The SMILES string of the molecule is COS(=O)(=O)CCS(=O)(=O)O. The summed E-state index contributed by atoms with van der Waals surface area (Å²) < 4.78 is 53.0. The molecule has 0 aliphatic heterocycles. The molecule has 0 aromatic rings. The molecule has 0 aromatic heterocycles. The molecule has 6 nitrogen and oxygen atoms in total. The molecule has 0 bridgehead atoms. The molecule has 68 valence electrons. The van der Waals surface area contributed by atoms with Crippen LogP contribution in [0.5, 0.6) is 0 Å². The van der Waals surface area contributed by atoms with Crippen LogP contribution in [0, 0.1) is 0 Å². The fourth-order valence-electron chi connectivity index (χ4n) is 0.291. The van der Waals surface area contributed by atoms with E-state index in [-0.39, 0.29) is 0 Å². The maximum atomic E-state index is 10.4. The van der Waals surface area contributed by atoms with Crippen molar-refractivity contribution in [3.8, 4) is 0 Å². The highest BCUT2D eigenvalue weighted by molar-refractivity contribution is 7.90. The second-order valence-electron chi connectivity index (χ2n) is 1.71. The average molecular weight is 204 g/mol. The van der Waals surface area contributed by atoms with Crippen molar-refractivity contribution < 1.29 is 25.6 Å². The molecular weight excluding hydrogens is 196 g/mol. The van der Waals surface area contributed by atoms with E-state index in [9.17, 15) is 16.8 Å². The van der Waals surface area contributed by atoms with Crippen molar-refractivity contribution in [2.45, 2.75) is 0 Å². The highest BCUT2D eigenvalue weighted by Crippen LogP contribution is 1.92. The van der Waals surface area contributed by atoms with E-state index in [1.54, 1.807) is 0 Å². The standard InChI is InChI=1S/C3H8O6S2/c1-9-11(7,8)3-2-10(4,5)6/h2-3H2,1H3,(H,4,5,6). The van der Waals surface area contributed by atoms with Gasteiger partial charge in [0, 0.05) is 0 Å². The van der Waals surface area contributed by atoms with Crippen molar-refractivity contribution in [1.82, 2.24) is 0 Å². The summed E-state index contributed by atoms with van der Waals surface area (Å²) in [7, 11) is -7.10. The minimum absolute atomic E-state index is 0.734. The molecule has 0 aliphatic rings. The summed E-state index contributed by atoms with van der Waals surface area (Å²) in [5.74, 6) is -1.58. The van der Waals surface area contributed by atoms with Crippen LogP contribution in [0.25, 0.3) is 0 Å². The largest absolute Gasteiger partial charge is 0.286 e. The predicted molar refractivity (Wildman–Crippen MR) is 37.2 cm³/mol. The van der Waals surface area contributed by atoms with Crippen molar-refractivity contribution in [3.05, 3.63) is 0 Å². The van der Waals surface area contributed by atoms with Crippen LogP contribution < -0.4 is 0 Å². The van der Waals surface area contributed by atoms with Crippen LogP contribution >= 0.6 is 0 Å². The molecule has 0 aliphatic carbocycles. The normalized spacial score (nSPS) is 13.3. The Kier molecular flexibility index (Phi) is 3.42. The first-order chi connectivity index (χ1) is 4.77. The van der Waals surface area contributed by atoms with E-state index in [0.29, 0.717) is 0 Å². The Hall–Kier alpha value is -0.180. The Morgan fingerprint density at radius 3 is 1.91 bits per heavy atom. The monoisotopic (exact) mass is 204 g/mol. The molecule has 0 rings (SSSR count). The fourth-order valence-corrected chi connectivity index (χ4v) is 2.12. The van der Waals surface area contributed by atoms with E-state index in [2.05, 4.69) is 4.18 Å².